The van der Waals surface area contributed by atoms with Gasteiger partial charge in [-0.2, -0.15) is 0 Å². The standard InChI is InChI=1S/C53H58ClN3O14/c1-3-23-68-53-49(56(52(61)65-24-20-54)30-35-12-17-47-48(25-35)67-33-66-47)29-44(55-69-32-34-10-13-38(14-11-34)57(62)63)42-27-36(8-4-6-21-58)41(9-5-7-22-59)50(51(42)53)43-28-40(16-19-46(43)71-53)70-39-15-18-45(64-2)37(26-39)31-60/h3,10-19,25-28,31,36,41,49-51,58-59H,1,4-9,20-24,29-30,32-33H2,2H3. The zero-order chi connectivity index (χ0) is 49.9. The van der Waals surface area contributed by atoms with E-state index in [0.717, 1.165) is 17.6 Å². The Morgan fingerprint density at radius 1 is 0.958 bits per heavy atom. The number of benzene rings is 4. The number of halogens is 1. The number of rotatable bonds is 24. The molecule has 0 bridgehead atoms. The van der Waals surface area contributed by atoms with Gasteiger partial charge in [-0.1, -0.05) is 36.2 Å². The second kappa shape index (κ2) is 23.5. The summed E-state index contributed by atoms with van der Waals surface area (Å²) >= 11 is 6.14. The summed E-state index contributed by atoms with van der Waals surface area (Å²) in [6, 6.07) is 21.1. The number of nitro groups is 1. The van der Waals surface area contributed by atoms with Crippen molar-refractivity contribution in [3.63, 3.8) is 0 Å². The number of nitro benzene ring substituents is 1. The van der Waals surface area contributed by atoms with Gasteiger partial charge in [0.05, 0.1) is 41.7 Å². The summed E-state index contributed by atoms with van der Waals surface area (Å²) in [5, 5.41) is 36.4. The van der Waals surface area contributed by atoms with E-state index in [-0.39, 0.29) is 76.2 Å². The third kappa shape index (κ3) is 11.1. The normalized spacial score (nSPS) is 22.0. The number of fused-ring (bicyclic) bond motifs is 3. The highest BCUT2D eigenvalue weighted by Crippen LogP contribution is 2.62. The molecule has 0 aromatic heterocycles. The average Bonchev–Trinajstić information content (AvgIpc) is 3.86. The number of carbonyl (C=O) groups is 2. The monoisotopic (exact) mass is 995 g/mol. The highest BCUT2D eigenvalue weighted by atomic mass is 35.5. The number of non-ortho nitro benzene ring substituents is 1. The molecule has 0 radical (unpaired) electrons. The molecule has 2 heterocycles. The zero-order valence-electron chi connectivity index (χ0n) is 39.5. The van der Waals surface area contributed by atoms with Crippen LogP contribution in [0.5, 0.6) is 34.5 Å². The quantitative estimate of drug-likeness (QED) is 0.0167. The first kappa shape index (κ1) is 50.7. The molecule has 2 N–H and O–H groups in total. The molecule has 4 aromatic carbocycles. The van der Waals surface area contributed by atoms with Gasteiger partial charge in [0.1, 0.15) is 42.3 Å². The fourth-order valence-electron chi connectivity index (χ4n) is 10.4. The predicted molar refractivity (Wildman–Crippen MR) is 261 cm³/mol. The maximum atomic E-state index is 14.8. The SMILES string of the molecule is C=CCOC12Oc3ccc(Oc4ccc(OC)c(C=O)c4)cc3C3C(CCCCO)C(CCCCO)C=C(C(=NOCc4ccc([N+](=O)[O-])cc4)CC1N(Cc1ccc4c(c1)OCO4)C(=O)OCCCl)C32. The first-order chi connectivity index (χ1) is 34.6. The number of aldehydes is 1. The molecule has 4 aliphatic rings. The van der Waals surface area contributed by atoms with Crippen LogP contribution >= 0.6 is 11.6 Å². The molecule has 17 nitrogen and oxygen atoms in total. The summed E-state index contributed by atoms with van der Waals surface area (Å²) < 4.78 is 43.6. The van der Waals surface area contributed by atoms with Gasteiger partial charge in [-0.15, -0.1) is 18.2 Å². The number of hydrogen-bond donors (Lipinski definition) is 2. The van der Waals surface area contributed by atoms with Crippen LogP contribution in [0.1, 0.15) is 77.9 Å². The lowest BCUT2D eigenvalue weighted by molar-refractivity contribution is -0.384. The van der Waals surface area contributed by atoms with Crippen molar-refractivity contribution in [3.8, 4) is 34.5 Å². The highest BCUT2D eigenvalue weighted by molar-refractivity contribution is 6.18. The number of aliphatic hydroxyl groups is 2. The number of nitrogens with zero attached hydrogens (tertiary/aromatic N) is 3. The average molecular weight is 997 g/mol. The molecule has 18 heteroatoms. The minimum Gasteiger partial charge on any atom is -0.496 e. The van der Waals surface area contributed by atoms with E-state index in [1.807, 2.05) is 24.3 Å². The van der Waals surface area contributed by atoms with Crippen LogP contribution in [0.15, 0.2) is 108 Å². The van der Waals surface area contributed by atoms with Crippen LogP contribution in [0, 0.1) is 27.9 Å². The number of allylic oxidation sites excluding steroid dienone is 1. The van der Waals surface area contributed by atoms with Crippen LogP contribution in [-0.2, 0) is 27.5 Å². The number of methoxy groups -OCH3 is 1. The molecule has 0 spiro atoms. The van der Waals surface area contributed by atoms with Gasteiger partial charge >= 0.3 is 6.09 Å². The molecule has 1 fully saturated rings. The van der Waals surface area contributed by atoms with Crippen LogP contribution in [0.2, 0.25) is 0 Å². The fourth-order valence-corrected chi connectivity index (χ4v) is 10.4. The van der Waals surface area contributed by atoms with E-state index < -0.39 is 34.7 Å². The Morgan fingerprint density at radius 3 is 2.42 bits per heavy atom. The van der Waals surface area contributed by atoms with E-state index in [2.05, 4.69) is 12.7 Å². The van der Waals surface area contributed by atoms with Crippen LogP contribution in [0.25, 0.3) is 0 Å². The molecular weight excluding hydrogens is 938 g/mol. The Bertz CT molecular complexity index is 2610. The molecule has 1 amide bonds. The van der Waals surface area contributed by atoms with E-state index in [1.165, 1.54) is 19.2 Å². The van der Waals surface area contributed by atoms with Crippen molar-refractivity contribution in [2.75, 3.05) is 46.2 Å². The van der Waals surface area contributed by atoms with Crippen LogP contribution in [0.4, 0.5) is 10.5 Å². The smallest absolute Gasteiger partial charge is 0.410 e. The largest absolute Gasteiger partial charge is 0.496 e. The number of carbonyl (C=O) groups excluding carboxylic acids is 2. The van der Waals surface area contributed by atoms with Crippen LogP contribution in [0.3, 0.4) is 0 Å². The summed E-state index contributed by atoms with van der Waals surface area (Å²) in [5.74, 6) is 0.0183. The molecule has 2 aliphatic carbocycles. The maximum absolute atomic E-state index is 14.8. The summed E-state index contributed by atoms with van der Waals surface area (Å²) in [5.41, 5.74) is 3.71. The van der Waals surface area contributed by atoms with E-state index in [9.17, 15) is 29.9 Å². The second-order valence-electron chi connectivity index (χ2n) is 17.7. The van der Waals surface area contributed by atoms with Crippen LogP contribution in [-0.4, -0.2) is 96.2 Å². The van der Waals surface area contributed by atoms with Gasteiger partial charge in [0.15, 0.2) is 17.8 Å². The summed E-state index contributed by atoms with van der Waals surface area (Å²) in [6.45, 7) is 4.04. The van der Waals surface area contributed by atoms with E-state index in [1.54, 1.807) is 53.4 Å². The van der Waals surface area contributed by atoms with Gasteiger partial charge in [-0.3, -0.25) is 19.8 Å². The van der Waals surface area contributed by atoms with Gasteiger partial charge in [0, 0.05) is 49.8 Å². The number of unbranched alkanes of at least 4 members (excludes halogenated alkanes) is 2. The third-order valence-corrected chi connectivity index (χ3v) is 13.6. The van der Waals surface area contributed by atoms with E-state index in [0.29, 0.717) is 95.3 Å². The Labute approximate surface area is 416 Å². The van der Waals surface area contributed by atoms with Gasteiger partial charge < -0.3 is 48.2 Å². The van der Waals surface area contributed by atoms with Crippen molar-refractivity contribution >= 4 is 35.4 Å². The second-order valence-corrected chi connectivity index (χ2v) is 18.1. The summed E-state index contributed by atoms with van der Waals surface area (Å²) in [6.07, 6.45) is 7.90. The Balaban J connectivity index is 1.33. The number of amides is 1. The minimum atomic E-state index is -1.63. The predicted octanol–water partition coefficient (Wildman–Crippen LogP) is 9.65. The number of alkyl halides is 1. The minimum absolute atomic E-state index is 0.00629. The van der Waals surface area contributed by atoms with E-state index in [4.69, 9.17) is 54.8 Å². The van der Waals surface area contributed by atoms with E-state index >= 15 is 0 Å². The lowest BCUT2D eigenvalue weighted by Crippen LogP contribution is -2.70. The van der Waals surface area contributed by atoms with Crippen molar-refractivity contribution in [1.82, 2.24) is 4.90 Å². The molecule has 4 aromatic rings. The van der Waals surface area contributed by atoms with Gasteiger partial charge in [0.25, 0.3) is 5.69 Å². The van der Waals surface area contributed by atoms with Crippen molar-refractivity contribution in [2.24, 2.45) is 22.9 Å². The number of ether oxygens (including phenoxy) is 7. The fraction of sp³-hybridized carbons (Fsp3) is 0.415. The molecule has 0 saturated heterocycles. The molecule has 2 aliphatic heterocycles. The highest BCUT2D eigenvalue weighted by Gasteiger charge is 2.66. The van der Waals surface area contributed by atoms with Gasteiger partial charge in [0.2, 0.25) is 12.6 Å². The summed E-state index contributed by atoms with van der Waals surface area (Å²) in [7, 11) is 1.49. The molecule has 8 rings (SSSR count). The lowest BCUT2D eigenvalue weighted by atomic mass is 9.55. The van der Waals surface area contributed by atoms with Crippen molar-refractivity contribution < 1.29 is 62.7 Å². The van der Waals surface area contributed by atoms with Gasteiger partial charge in [-0.05, 0) is 115 Å². The molecule has 71 heavy (non-hydrogen) atoms. The third-order valence-electron chi connectivity index (χ3n) is 13.5. The summed E-state index contributed by atoms with van der Waals surface area (Å²) in [4.78, 5) is 45.5. The molecule has 6 atom stereocenters. The van der Waals surface area contributed by atoms with Crippen molar-refractivity contribution in [2.45, 2.75) is 75.8 Å². The lowest BCUT2D eigenvalue weighted by Gasteiger charge is -2.59. The maximum Gasteiger partial charge on any atom is 0.410 e. The number of oxime groups is 1. The zero-order valence-corrected chi connectivity index (χ0v) is 40.2. The van der Waals surface area contributed by atoms with Gasteiger partial charge in [-0.25, -0.2) is 4.79 Å². The Kier molecular flexibility index (Phi) is 16.8. The molecular formula is C53H58ClN3O14. The topological polar surface area (TPSA) is 207 Å². The Morgan fingerprint density at radius 2 is 1.69 bits per heavy atom. The first-order valence-corrected chi connectivity index (χ1v) is 24.3. The number of aliphatic hydroxyl groups excluding tert-OH is 2. The van der Waals surface area contributed by atoms with Crippen molar-refractivity contribution in [1.29, 1.82) is 0 Å². The molecule has 1 saturated carbocycles. The van der Waals surface area contributed by atoms with Crippen LogP contribution < -0.4 is 23.7 Å². The van der Waals surface area contributed by atoms with Crippen molar-refractivity contribution in [3.05, 3.63) is 136 Å². The Hall–Kier alpha value is -6.66. The molecule has 376 valence electrons. The first-order valence-electron chi connectivity index (χ1n) is 23.8. The number of hydrogen-bond acceptors (Lipinski definition) is 15. The molecule has 6 unspecified atom stereocenters.